The minimum atomic E-state index is -4.54. The van der Waals surface area contributed by atoms with Gasteiger partial charge < -0.3 is 10.8 Å². The van der Waals surface area contributed by atoms with Crippen LogP contribution in [-0.4, -0.2) is 17.4 Å². The molecule has 0 saturated carbocycles. The van der Waals surface area contributed by atoms with E-state index < -0.39 is 23.4 Å². The van der Waals surface area contributed by atoms with Crippen molar-refractivity contribution in [2.75, 3.05) is 0 Å². The van der Waals surface area contributed by atoms with Crippen LogP contribution >= 0.6 is 11.6 Å². The van der Waals surface area contributed by atoms with Crippen molar-refractivity contribution in [3.8, 4) is 0 Å². The third kappa shape index (κ3) is 2.52. The molecular weight excluding hydrogens is 329 g/mol. The highest BCUT2D eigenvalue weighted by Crippen LogP contribution is 2.44. The molecule has 0 saturated heterocycles. The maximum Gasteiger partial charge on any atom is 0.416 e. The normalized spacial score (nSPS) is 23.7. The highest BCUT2D eigenvalue weighted by molar-refractivity contribution is 6.31. The molecule has 23 heavy (non-hydrogen) atoms. The fraction of sp³-hybridized carbons (Fsp3) is 0.188. The predicted octanol–water partition coefficient (Wildman–Crippen LogP) is 3.64. The van der Waals surface area contributed by atoms with Crippen LogP contribution in [-0.2, 0) is 11.8 Å². The van der Waals surface area contributed by atoms with Gasteiger partial charge >= 0.3 is 6.18 Å². The lowest BCUT2D eigenvalue weighted by atomic mass is 9.78. The zero-order valence-electron chi connectivity index (χ0n) is 11.7. The second-order valence-electron chi connectivity index (χ2n) is 5.28. The van der Waals surface area contributed by atoms with Crippen molar-refractivity contribution in [2.45, 2.75) is 17.8 Å². The van der Waals surface area contributed by atoms with Crippen LogP contribution in [0.4, 0.5) is 18.9 Å². The lowest BCUT2D eigenvalue weighted by Gasteiger charge is -2.37. The highest BCUT2D eigenvalue weighted by atomic mass is 35.5. The number of benzene rings is 2. The molecule has 2 atom stereocenters. The number of fused-ring (bicyclic) bond motifs is 1. The minimum Gasteiger partial charge on any atom is -0.378 e. The molecule has 7 heteroatoms. The summed E-state index contributed by atoms with van der Waals surface area (Å²) in [6, 6.07) is 8.33. The van der Waals surface area contributed by atoms with E-state index in [1.54, 1.807) is 18.2 Å². The Morgan fingerprint density at radius 2 is 1.83 bits per heavy atom. The summed E-state index contributed by atoms with van der Waals surface area (Å²) in [5.41, 5.74) is 3.62. The summed E-state index contributed by atoms with van der Waals surface area (Å²) in [5.74, 6) is 0. The number of alkyl halides is 3. The van der Waals surface area contributed by atoms with E-state index in [1.807, 2.05) is 0 Å². The summed E-state index contributed by atoms with van der Waals surface area (Å²) in [7, 11) is 0. The van der Waals surface area contributed by atoms with E-state index in [0.717, 1.165) is 12.1 Å². The van der Waals surface area contributed by atoms with Gasteiger partial charge in [-0.1, -0.05) is 29.8 Å². The summed E-state index contributed by atoms with van der Waals surface area (Å²) in [5, 5.41) is 11.4. The molecule has 0 bridgehead atoms. The largest absolute Gasteiger partial charge is 0.416 e. The number of rotatable bonds is 1. The van der Waals surface area contributed by atoms with Crippen molar-refractivity contribution >= 4 is 23.5 Å². The van der Waals surface area contributed by atoms with Gasteiger partial charge in [0.2, 0.25) is 0 Å². The number of hydrogen-bond donors (Lipinski definition) is 2. The third-order valence-corrected chi connectivity index (χ3v) is 4.21. The first-order valence-corrected chi connectivity index (χ1v) is 7.11. The number of hydrogen-bond acceptors (Lipinski definition) is 3. The zero-order chi connectivity index (χ0) is 16.8. The van der Waals surface area contributed by atoms with Crippen LogP contribution < -0.4 is 5.73 Å². The molecule has 0 amide bonds. The van der Waals surface area contributed by atoms with Crippen molar-refractivity contribution in [3.05, 3.63) is 64.2 Å². The molecule has 3 nitrogen and oxygen atoms in total. The predicted molar refractivity (Wildman–Crippen MR) is 82.0 cm³/mol. The standard InChI is InChI=1S/C16H12ClF3N2O/c17-12-4-2-1-3-10(12)15(23)11-7-9(16(18,19)20)5-6-13(11)22-8-14(15)21/h1-8,14,23H,21H2. The van der Waals surface area contributed by atoms with Gasteiger partial charge in [0.15, 0.2) is 0 Å². The van der Waals surface area contributed by atoms with Gasteiger partial charge in [0.1, 0.15) is 5.60 Å². The molecular formula is C16H12ClF3N2O. The van der Waals surface area contributed by atoms with Crippen LogP contribution in [0.1, 0.15) is 16.7 Å². The molecule has 2 aromatic rings. The Morgan fingerprint density at radius 1 is 1.13 bits per heavy atom. The van der Waals surface area contributed by atoms with Crippen molar-refractivity contribution in [3.63, 3.8) is 0 Å². The number of aliphatic imine (C=N–C) groups is 1. The maximum absolute atomic E-state index is 13.0. The van der Waals surface area contributed by atoms with Crippen LogP contribution in [0.25, 0.3) is 0 Å². The molecule has 3 N–H and O–H groups in total. The molecule has 3 rings (SSSR count). The molecule has 0 aromatic heterocycles. The molecule has 2 aromatic carbocycles. The zero-order valence-corrected chi connectivity index (χ0v) is 12.4. The van der Waals surface area contributed by atoms with Crippen molar-refractivity contribution in [2.24, 2.45) is 10.7 Å². The Hall–Kier alpha value is -1.89. The van der Waals surface area contributed by atoms with Gasteiger partial charge in [0.05, 0.1) is 17.3 Å². The van der Waals surface area contributed by atoms with Gasteiger partial charge in [0.25, 0.3) is 0 Å². The Bertz CT molecular complexity index is 791. The fourth-order valence-corrected chi connectivity index (χ4v) is 2.95. The van der Waals surface area contributed by atoms with E-state index in [9.17, 15) is 18.3 Å². The van der Waals surface area contributed by atoms with E-state index in [-0.39, 0.29) is 21.8 Å². The van der Waals surface area contributed by atoms with Crippen molar-refractivity contribution in [1.82, 2.24) is 0 Å². The quantitative estimate of drug-likeness (QED) is 0.832. The highest BCUT2D eigenvalue weighted by Gasteiger charge is 2.44. The smallest absolute Gasteiger partial charge is 0.378 e. The first-order valence-electron chi connectivity index (χ1n) is 6.73. The monoisotopic (exact) mass is 340 g/mol. The van der Waals surface area contributed by atoms with Crippen LogP contribution in [0.3, 0.4) is 0 Å². The van der Waals surface area contributed by atoms with Gasteiger partial charge in [0, 0.05) is 22.4 Å². The number of halogens is 4. The molecule has 2 unspecified atom stereocenters. The molecule has 0 fully saturated rings. The van der Waals surface area contributed by atoms with Crippen LogP contribution in [0.15, 0.2) is 47.5 Å². The van der Waals surface area contributed by atoms with Crippen LogP contribution in [0, 0.1) is 0 Å². The first-order chi connectivity index (χ1) is 10.7. The number of aliphatic hydroxyl groups is 1. The Balaban J connectivity index is 2.28. The second kappa shape index (κ2) is 5.33. The van der Waals surface area contributed by atoms with E-state index in [2.05, 4.69) is 4.99 Å². The van der Waals surface area contributed by atoms with Gasteiger partial charge in [-0.25, -0.2) is 0 Å². The first kappa shape index (κ1) is 16.0. The Kier molecular flexibility index (Phi) is 3.71. The molecule has 0 aliphatic carbocycles. The van der Waals surface area contributed by atoms with Gasteiger partial charge in [-0.3, -0.25) is 4.99 Å². The summed E-state index contributed by atoms with van der Waals surface area (Å²) >= 11 is 6.13. The van der Waals surface area contributed by atoms with Gasteiger partial charge in [-0.15, -0.1) is 0 Å². The van der Waals surface area contributed by atoms with Crippen molar-refractivity contribution in [1.29, 1.82) is 0 Å². The van der Waals surface area contributed by atoms with E-state index in [4.69, 9.17) is 17.3 Å². The summed E-state index contributed by atoms with van der Waals surface area (Å²) in [6.07, 6.45) is -3.24. The van der Waals surface area contributed by atoms with Crippen LogP contribution in [0.2, 0.25) is 5.02 Å². The molecule has 120 valence electrons. The average Bonchev–Trinajstić information content (AvgIpc) is 2.50. The summed E-state index contributed by atoms with van der Waals surface area (Å²) < 4.78 is 39.0. The van der Waals surface area contributed by atoms with E-state index in [0.29, 0.717) is 0 Å². The molecule has 1 aliphatic rings. The second-order valence-corrected chi connectivity index (χ2v) is 5.69. The number of nitrogens with two attached hydrogens (primary N) is 1. The third-order valence-electron chi connectivity index (χ3n) is 3.88. The van der Waals surface area contributed by atoms with Crippen molar-refractivity contribution < 1.29 is 18.3 Å². The fourth-order valence-electron chi connectivity index (χ4n) is 2.67. The number of nitrogens with zero attached hydrogens (tertiary/aromatic N) is 1. The average molecular weight is 341 g/mol. The molecule has 1 heterocycles. The Labute approximate surface area is 135 Å². The summed E-state index contributed by atoms with van der Waals surface area (Å²) in [6.45, 7) is 0. The molecule has 0 spiro atoms. The van der Waals surface area contributed by atoms with E-state index >= 15 is 0 Å². The maximum atomic E-state index is 13.0. The summed E-state index contributed by atoms with van der Waals surface area (Å²) in [4.78, 5) is 4.03. The lowest BCUT2D eigenvalue weighted by Crippen LogP contribution is -2.49. The minimum absolute atomic E-state index is 0.0181. The molecule has 1 aliphatic heterocycles. The molecule has 0 radical (unpaired) electrons. The van der Waals surface area contributed by atoms with E-state index in [1.165, 1.54) is 18.3 Å². The van der Waals surface area contributed by atoms with Crippen LogP contribution in [0.5, 0.6) is 0 Å². The van der Waals surface area contributed by atoms with Gasteiger partial charge in [-0.2, -0.15) is 13.2 Å². The van der Waals surface area contributed by atoms with Gasteiger partial charge in [-0.05, 0) is 24.3 Å². The Morgan fingerprint density at radius 3 is 2.48 bits per heavy atom. The topological polar surface area (TPSA) is 58.6 Å². The SMILES string of the molecule is NC1C=Nc2ccc(C(F)(F)F)cc2C1(O)c1ccccc1Cl. The lowest BCUT2D eigenvalue weighted by molar-refractivity contribution is -0.137.